The highest BCUT2D eigenvalue weighted by atomic mass is 16.6. The van der Waals surface area contributed by atoms with Crippen LogP contribution in [0.15, 0.2) is 73.3 Å². The topological polar surface area (TPSA) is 66.4 Å². The molecule has 1 N–H and O–H groups in total. The number of hydrogen-bond acceptors (Lipinski definition) is 6. The fourth-order valence-electron chi connectivity index (χ4n) is 5.91. The van der Waals surface area contributed by atoms with Crippen molar-refractivity contribution in [2.75, 3.05) is 13.2 Å². The molecule has 3 aliphatic rings. The molecule has 6 nitrogen and oxygen atoms in total. The Morgan fingerprint density at radius 2 is 1.71 bits per heavy atom. The SMILES string of the molecule is C=CC1(O)CC[C@@]2(C)O[C@H]3[C@@H](OCc4ccccc4)C[C@@H](CCCOCc4ccccc4)O[C@@H]3C[C@@H]2OC1. The standard InChI is InChI=1S/C32H42O6/c1-3-32(33)17-16-31(2)29(36-23-32)20-28-30(38-31)27(35-22-25-13-8-5-9-14-25)19-26(37-28)15-10-18-34-21-24-11-6-4-7-12-24/h3-9,11-14,26-30,33H,1,10,15-23H2,2H3/t26-,27+,28-,29+,30+,31-,32?/m1/s1. The monoisotopic (exact) mass is 522 g/mol. The van der Waals surface area contributed by atoms with Crippen LogP contribution in [0.4, 0.5) is 0 Å². The smallest absolute Gasteiger partial charge is 0.111 e. The van der Waals surface area contributed by atoms with Crippen molar-refractivity contribution in [3.05, 3.63) is 84.4 Å². The van der Waals surface area contributed by atoms with Gasteiger partial charge in [-0.25, -0.2) is 0 Å². The molecule has 3 fully saturated rings. The molecule has 3 saturated heterocycles. The predicted octanol–water partition coefficient (Wildman–Crippen LogP) is 5.37. The van der Waals surface area contributed by atoms with Gasteiger partial charge in [0.1, 0.15) is 11.7 Å². The normalized spacial score (nSPS) is 35.1. The van der Waals surface area contributed by atoms with E-state index in [4.69, 9.17) is 23.7 Å². The summed E-state index contributed by atoms with van der Waals surface area (Å²) in [5.74, 6) is 0. The zero-order chi connectivity index (χ0) is 26.4. The van der Waals surface area contributed by atoms with E-state index >= 15 is 0 Å². The summed E-state index contributed by atoms with van der Waals surface area (Å²) in [6, 6.07) is 20.5. The van der Waals surface area contributed by atoms with Crippen LogP contribution in [0.5, 0.6) is 0 Å². The number of fused-ring (bicyclic) bond motifs is 2. The van der Waals surface area contributed by atoms with Crippen LogP contribution < -0.4 is 0 Å². The van der Waals surface area contributed by atoms with Crippen LogP contribution in [0.25, 0.3) is 0 Å². The van der Waals surface area contributed by atoms with Gasteiger partial charge in [0.25, 0.3) is 0 Å². The van der Waals surface area contributed by atoms with E-state index in [1.807, 2.05) is 36.4 Å². The fraction of sp³-hybridized carbons (Fsp3) is 0.562. The van der Waals surface area contributed by atoms with Crippen LogP contribution in [0.3, 0.4) is 0 Å². The summed E-state index contributed by atoms with van der Waals surface area (Å²) in [7, 11) is 0. The maximum absolute atomic E-state index is 10.8. The second-order valence-corrected chi connectivity index (χ2v) is 11.3. The summed E-state index contributed by atoms with van der Waals surface area (Å²) in [5.41, 5.74) is 0.800. The summed E-state index contributed by atoms with van der Waals surface area (Å²) in [6.45, 7) is 8.01. The maximum Gasteiger partial charge on any atom is 0.111 e. The van der Waals surface area contributed by atoms with E-state index in [0.29, 0.717) is 32.7 Å². The lowest BCUT2D eigenvalue weighted by molar-refractivity contribution is -0.294. The van der Waals surface area contributed by atoms with Gasteiger partial charge in [-0.3, -0.25) is 0 Å². The highest BCUT2D eigenvalue weighted by Crippen LogP contribution is 2.44. The van der Waals surface area contributed by atoms with Crippen molar-refractivity contribution in [1.82, 2.24) is 0 Å². The number of rotatable bonds is 10. The zero-order valence-corrected chi connectivity index (χ0v) is 22.5. The molecular formula is C32H42O6. The highest BCUT2D eigenvalue weighted by molar-refractivity contribution is 5.14. The van der Waals surface area contributed by atoms with E-state index in [1.54, 1.807) is 6.08 Å². The molecule has 2 aromatic carbocycles. The van der Waals surface area contributed by atoms with Gasteiger partial charge in [-0.15, -0.1) is 6.58 Å². The Labute approximate surface area is 226 Å². The highest BCUT2D eigenvalue weighted by Gasteiger charge is 2.54. The second-order valence-electron chi connectivity index (χ2n) is 11.3. The van der Waals surface area contributed by atoms with E-state index in [2.05, 4.69) is 37.8 Å². The van der Waals surface area contributed by atoms with Crippen LogP contribution in [-0.4, -0.2) is 60.0 Å². The van der Waals surface area contributed by atoms with Crippen molar-refractivity contribution < 1.29 is 28.8 Å². The molecule has 3 aliphatic heterocycles. The Hall–Kier alpha value is -2.06. The number of ether oxygens (including phenoxy) is 5. The van der Waals surface area contributed by atoms with Gasteiger partial charge in [-0.05, 0) is 43.7 Å². The third kappa shape index (κ3) is 6.74. The van der Waals surface area contributed by atoms with Gasteiger partial charge in [0.15, 0.2) is 0 Å². The number of benzene rings is 2. The average Bonchev–Trinajstić information content (AvgIpc) is 3.08. The predicted molar refractivity (Wildman–Crippen MR) is 146 cm³/mol. The molecule has 5 rings (SSSR count). The van der Waals surface area contributed by atoms with Gasteiger partial charge < -0.3 is 28.8 Å². The first-order chi connectivity index (χ1) is 18.5. The number of aliphatic hydroxyl groups is 1. The van der Waals surface area contributed by atoms with Crippen molar-refractivity contribution in [1.29, 1.82) is 0 Å². The lowest BCUT2D eigenvalue weighted by atomic mass is 9.80. The van der Waals surface area contributed by atoms with Crippen molar-refractivity contribution in [2.45, 2.75) is 100 Å². The second kappa shape index (κ2) is 12.4. The lowest BCUT2D eigenvalue weighted by Crippen LogP contribution is -2.62. The van der Waals surface area contributed by atoms with E-state index in [-0.39, 0.29) is 37.1 Å². The molecule has 0 saturated carbocycles. The molecule has 0 aliphatic carbocycles. The molecule has 7 atom stereocenters. The van der Waals surface area contributed by atoms with Crippen LogP contribution in [-0.2, 0) is 36.9 Å². The Bertz CT molecular complexity index is 1020. The first-order valence-corrected chi connectivity index (χ1v) is 14.0. The van der Waals surface area contributed by atoms with Crippen molar-refractivity contribution in [3.8, 4) is 0 Å². The van der Waals surface area contributed by atoms with Gasteiger partial charge >= 0.3 is 0 Å². The summed E-state index contributed by atoms with van der Waals surface area (Å²) >= 11 is 0. The third-order valence-electron chi connectivity index (χ3n) is 8.33. The molecule has 0 radical (unpaired) electrons. The van der Waals surface area contributed by atoms with Gasteiger partial charge in [0.2, 0.25) is 0 Å². The first-order valence-electron chi connectivity index (χ1n) is 14.0. The van der Waals surface area contributed by atoms with Crippen molar-refractivity contribution in [2.24, 2.45) is 0 Å². The minimum absolute atomic E-state index is 0.0705. The van der Waals surface area contributed by atoms with Gasteiger partial charge in [-0.1, -0.05) is 66.7 Å². The molecule has 0 amide bonds. The maximum atomic E-state index is 10.8. The van der Waals surface area contributed by atoms with E-state index in [1.165, 1.54) is 5.56 Å². The summed E-state index contributed by atoms with van der Waals surface area (Å²) in [5, 5.41) is 10.8. The van der Waals surface area contributed by atoms with Gasteiger partial charge in [-0.2, -0.15) is 0 Å². The molecule has 1 unspecified atom stereocenters. The van der Waals surface area contributed by atoms with Crippen LogP contribution in [0, 0.1) is 0 Å². The molecule has 2 aromatic rings. The van der Waals surface area contributed by atoms with Crippen LogP contribution in [0.1, 0.15) is 56.6 Å². The third-order valence-corrected chi connectivity index (χ3v) is 8.33. The van der Waals surface area contributed by atoms with E-state index in [9.17, 15) is 5.11 Å². The molecule has 0 aromatic heterocycles. The van der Waals surface area contributed by atoms with Gasteiger partial charge in [0, 0.05) is 19.4 Å². The van der Waals surface area contributed by atoms with Crippen molar-refractivity contribution >= 4 is 0 Å². The largest absolute Gasteiger partial charge is 0.383 e. The Morgan fingerprint density at radius 3 is 2.42 bits per heavy atom. The molecule has 0 bridgehead atoms. The molecule has 0 spiro atoms. The Morgan fingerprint density at radius 1 is 1.00 bits per heavy atom. The number of hydrogen-bond donors (Lipinski definition) is 1. The molecule has 6 heteroatoms. The van der Waals surface area contributed by atoms with E-state index in [0.717, 1.165) is 31.2 Å². The Kier molecular flexibility index (Phi) is 8.99. The Balaban J connectivity index is 1.22. The fourth-order valence-corrected chi connectivity index (χ4v) is 5.91. The summed E-state index contributed by atoms with van der Waals surface area (Å²) in [6.07, 6.45) is 5.72. The zero-order valence-electron chi connectivity index (χ0n) is 22.5. The average molecular weight is 523 g/mol. The van der Waals surface area contributed by atoms with E-state index < -0.39 is 11.2 Å². The minimum Gasteiger partial charge on any atom is -0.383 e. The lowest BCUT2D eigenvalue weighted by Gasteiger charge is -2.52. The van der Waals surface area contributed by atoms with Crippen LogP contribution in [0.2, 0.25) is 0 Å². The molecule has 38 heavy (non-hydrogen) atoms. The minimum atomic E-state index is -1.03. The quantitative estimate of drug-likeness (QED) is 0.334. The van der Waals surface area contributed by atoms with Gasteiger partial charge in [0.05, 0.1) is 49.8 Å². The summed E-state index contributed by atoms with van der Waals surface area (Å²) < 4.78 is 32.1. The van der Waals surface area contributed by atoms with Crippen molar-refractivity contribution in [3.63, 3.8) is 0 Å². The van der Waals surface area contributed by atoms with Crippen LogP contribution >= 0.6 is 0 Å². The summed E-state index contributed by atoms with van der Waals surface area (Å²) in [4.78, 5) is 0. The first kappa shape index (κ1) is 27.5. The molecular weight excluding hydrogens is 480 g/mol. The molecule has 206 valence electrons. The molecule has 3 heterocycles.